The molecule has 0 saturated carbocycles. The van der Waals surface area contributed by atoms with Crippen molar-refractivity contribution in [3.05, 3.63) is 41.6 Å². The summed E-state index contributed by atoms with van der Waals surface area (Å²) in [5.41, 5.74) is 1.11. The van der Waals surface area contributed by atoms with Gasteiger partial charge in [0, 0.05) is 18.0 Å². The Bertz CT molecular complexity index is 851. The van der Waals surface area contributed by atoms with Crippen LogP contribution in [-0.4, -0.2) is 39.6 Å². The Labute approximate surface area is 130 Å². The second-order valence-corrected chi connectivity index (χ2v) is 5.54. The molecule has 1 unspecified atom stereocenters. The van der Waals surface area contributed by atoms with Crippen molar-refractivity contribution < 1.29 is 19.2 Å². The van der Waals surface area contributed by atoms with Gasteiger partial charge in [0.2, 0.25) is 11.8 Å². The second-order valence-electron chi connectivity index (χ2n) is 5.54. The van der Waals surface area contributed by atoms with Crippen LogP contribution in [0.3, 0.4) is 0 Å². The third kappa shape index (κ3) is 1.93. The topological polar surface area (TPSA) is 96.4 Å². The number of hydrogen-bond donors (Lipinski definition) is 1. The number of nitrogens with zero attached hydrogens (tertiary/aromatic N) is 2. The number of carbonyl (C=O) groups excluding carboxylic acids is 4. The number of fused-ring (bicyclic) bond motifs is 2. The third-order valence-corrected chi connectivity index (χ3v) is 4.16. The van der Waals surface area contributed by atoms with Gasteiger partial charge in [0.05, 0.1) is 16.6 Å². The molecule has 4 amide bonds. The van der Waals surface area contributed by atoms with Crippen LogP contribution in [0.2, 0.25) is 0 Å². The Balaban J connectivity index is 1.78. The van der Waals surface area contributed by atoms with Gasteiger partial charge in [-0.15, -0.1) is 0 Å². The zero-order valence-electron chi connectivity index (χ0n) is 11.9. The molecule has 1 aromatic carbocycles. The van der Waals surface area contributed by atoms with E-state index >= 15 is 0 Å². The lowest BCUT2D eigenvalue weighted by molar-refractivity contribution is -0.136. The highest BCUT2D eigenvalue weighted by Gasteiger charge is 2.44. The molecule has 1 N–H and O–H groups in total. The van der Waals surface area contributed by atoms with E-state index in [1.807, 2.05) is 0 Å². The first kappa shape index (κ1) is 13.6. The van der Waals surface area contributed by atoms with Gasteiger partial charge >= 0.3 is 0 Å². The van der Waals surface area contributed by atoms with Crippen molar-refractivity contribution in [3.63, 3.8) is 0 Å². The fourth-order valence-electron chi connectivity index (χ4n) is 3.04. The molecule has 114 valence electrons. The molecule has 1 atom stereocenters. The fourth-order valence-corrected chi connectivity index (χ4v) is 3.04. The third-order valence-electron chi connectivity index (χ3n) is 4.16. The number of benzene rings is 1. The summed E-state index contributed by atoms with van der Waals surface area (Å²) in [4.78, 5) is 53.5. The Kier molecular flexibility index (Phi) is 2.77. The van der Waals surface area contributed by atoms with Crippen molar-refractivity contribution in [3.8, 4) is 0 Å². The number of piperidine rings is 1. The highest BCUT2D eigenvalue weighted by Crippen LogP contribution is 2.30. The monoisotopic (exact) mass is 309 g/mol. The van der Waals surface area contributed by atoms with E-state index in [1.54, 1.807) is 30.5 Å². The van der Waals surface area contributed by atoms with E-state index in [1.165, 1.54) is 0 Å². The molecule has 2 aliphatic heterocycles. The van der Waals surface area contributed by atoms with E-state index < -0.39 is 29.7 Å². The highest BCUT2D eigenvalue weighted by molar-refractivity contribution is 6.24. The minimum Gasteiger partial charge on any atom is -0.295 e. The molecule has 3 heterocycles. The zero-order valence-corrected chi connectivity index (χ0v) is 11.9. The van der Waals surface area contributed by atoms with Crippen molar-refractivity contribution in [1.82, 2.24) is 15.2 Å². The van der Waals surface area contributed by atoms with Crippen LogP contribution >= 0.6 is 0 Å². The molecule has 1 fully saturated rings. The van der Waals surface area contributed by atoms with Crippen LogP contribution in [0.1, 0.15) is 33.6 Å². The standard InChI is InChI=1S/C16H11N3O4/c20-13-4-3-12(14(21)18-13)19-15(22)9-6-8-2-1-5-17-11(8)7-10(9)16(19)23/h1-2,5-7,12H,3-4H2,(H,18,20,21). The Hall–Kier alpha value is -3.09. The van der Waals surface area contributed by atoms with Crippen LogP contribution in [0.5, 0.6) is 0 Å². The largest absolute Gasteiger partial charge is 0.295 e. The molecule has 4 rings (SSSR count). The predicted molar refractivity (Wildman–Crippen MR) is 78.4 cm³/mol. The molecule has 23 heavy (non-hydrogen) atoms. The molecule has 0 aliphatic carbocycles. The summed E-state index contributed by atoms with van der Waals surface area (Å²) < 4.78 is 0. The van der Waals surface area contributed by atoms with Crippen LogP contribution in [0.15, 0.2) is 30.5 Å². The summed E-state index contributed by atoms with van der Waals surface area (Å²) in [5, 5.41) is 2.92. The molecule has 2 aromatic rings. The smallest absolute Gasteiger partial charge is 0.262 e. The summed E-state index contributed by atoms with van der Waals surface area (Å²) in [5.74, 6) is -2.03. The Morgan fingerprint density at radius 3 is 2.57 bits per heavy atom. The number of nitrogens with one attached hydrogen (secondary N) is 1. The predicted octanol–water partition coefficient (Wildman–Crippen LogP) is 0.636. The molecule has 1 aromatic heterocycles. The van der Waals surface area contributed by atoms with E-state index in [4.69, 9.17) is 0 Å². The summed E-state index contributed by atoms with van der Waals surface area (Å²) in [6.07, 6.45) is 1.86. The van der Waals surface area contributed by atoms with Crippen LogP contribution in [0.4, 0.5) is 0 Å². The van der Waals surface area contributed by atoms with Crippen molar-refractivity contribution >= 4 is 34.5 Å². The average molecular weight is 309 g/mol. The first-order chi connectivity index (χ1) is 11.1. The Morgan fingerprint density at radius 2 is 1.83 bits per heavy atom. The Morgan fingerprint density at radius 1 is 1.09 bits per heavy atom. The molecule has 0 radical (unpaired) electrons. The number of pyridine rings is 1. The van der Waals surface area contributed by atoms with Gasteiger partial charge in [-0.3, -0.25) is 34.4 Å². The van der Waals surface area contributed by atoms with Crippen LogP contribution in [-0.2, 0) is 9.59 Å². The lowest BCUT2D eigenvalue weighted by Gasteiger charge is -2.27. The van der Waals surface area contributed by atoms with Crippen molar-refractivity contribution in [2.75, 3.05) is 0 Å². The number of aromatic nitrogens is 1. The quantitative estimate of drug-likeness (QED) is 0.780. The van der Waals surface area contributed by atoms with Crippen molar-refractivity contribution in [2.45, 2.75) is 18.9 Å². The fraction of sp³-hybridized carbons (Fsp3) is 0.188. The lowest BCUT2D eigenvalue weighted by atomic mass is 10.0. The number of imide groups is 2. The van der Waals surface area contributed by atoms with Crippen molar-refractivity contribution in [1.29, 1.82) is 0 Å². The van der Waals surface area contributed by atoms with E-state index in [2.05, 4.69) is 10.3 Å². The molecular formula is C16H11N3O4. The van der Waals surface area contributed by atoms with Crippen molar-refractivity contribution in [2.24, 2.45) is 0 Å². The number of rotatable bonds is 1. The van der Waals surface area contributed by atoms with Crippen LogP contribution in [0.25, 0.3) is 10.9 Å². The SMILES string of the molecule is O=C1CCC(N2C(=O)c3cc4cccnc4cc3C2=O)C(=O)N1. The molecule has 2 aliphatic rings. The normalized spacial score (nSPS) is 20.9. The summed E-state index contributed by atoms with van der Waals surface area (Å²) in [6.45, 7) is 0. The summed E-state index contributed by atoms with van der Waals surface area (Å²) in [6, 6.07) is 5.78. The first-order valence-electron chi connectivity index (χ1n) is 7.16. The maximum absolute atomic E-state index is 12.6. The van der Waals surface area contributed by atoms with Gasteiger partial charge < -0.3 is 0 Å². The molecule has 0 spiro atoms. The molecule has 7 nitrogen and oxygen atoms in total. The van der Waals surface area contributed by atoms with Gasteiger partial charge in [-0.25, -0.2) is 0 Å². The number of hydrogen-bond acceptors (Lipinski definition) is 5. The highest BCUT2D eigenvalue weighted by atomic mass is 16.2. The van der Waals surface area contributed by atoms with Gasteiger partial charge in [0.1, 0.15) is 6.04 Å². The zero-order chi connectivity index (χ0) is 16.1. The summed E-state index contributed by atoms with van der Waals surface area (Å²) >= 11 is 0. The minimum absolute atomic E-state index is 0.105. The van der Waals surface area contributed by atoms with Gasteiger partial charge in [-0.1, -0.05) is 6.07 Å². The van der Waals surface area contributed by atoms with Gasteiger partial charge in [0.25, 0.3) is 11.8 Å². The molecule has 7 heteroatoms. The summed E-state index contributed by atoms with van der Waals surface area (Å²) in [7, 11) is 0. The maximum Gasteiger partial charge on any atom is 0.262 e. The first-order valence-corrected chi connectivity index (χ1v) is 7.16. The van der Waals surface area contributed by atoms with Gasteiger partial charge in [-0.05, 0) is 24.6 Å². The van der Waals surface area contributed by atoms with E-state index in [0.717, 1.165) is 10.3 Å². The number of carbonyl (C=O) groups is 4. The van der Waals surface area contributed by atoms with E-state index in [9.17, 15) is 19.2 Å². The van der Waals surface area contributed by atoms with Gasteiger partial charge in [0.15, 0.2) is 0 Å². The maximum atomic E-state index is 12.6. The van der Waals surface area contributed by atoms with E-state index in [0.29, 0.717) is 5.52 Å². The average Bonchev–Trinajstić information content (AvgIpc) is 2.77. The van der Waals surface area contributed by atoms with Crippen LogP contribution in [0, 0.1) is 0 Å². The molecular weight excluding hydrogens is 298 g/mol. The second kappa shape index (κ2) is 4.70. The molecule has 1 saturated heterocycles. The minimum atomic E-state index is -0.948. The number of amides is 4. The van der Waals surface area contributed by atoms with Gasteiger partial charge in [-0.2, -0.15) is 0 Å². The van der Waals surface area contributed by atoms with E-state index in [-0.39, 0.29) is 24.0 Å². The molecule has 0 bridgehead atoms. The van der Waals surface area contributed by atoms with Crippen LogP contribution < -0.4 is 5.32 Å². The lowest BCUT2D eigenvalue weighted by Crippen LogP contribution is -2.54.